The maximum absolute atomic E-state index is 14.4. The summed E-state index contributed by atoms with van der Waals surface area (Å²) in [4.78, 5) is 26.2. The number of hydrogen-bond acceptors (Lipinski definition) is 3. The standard InChI is InChI=1S/C21H22ClFN2O2S/c1-13-4-9-16(23)17(10-13)25-18(26)11-28-19(25)14-5-7-15(8-6-14)24-20(27)21(2,3)12-22/h4-10,19H,11-12H2,1-3H3,(H,24,27)/t19-/m1/s1. The molecule has 148 valence electrons. The first-order valence-corrected chi connectivity index (χ1v) is 10.5. The molecule has 0 bridgehead atoms. The molecule has 28 heavy (non-hydrogen) atoms. The van der Waals surface area contributed by atoms with Crippen molar-refractivity contribution in [3.63, 3.8) is 0 Å². The van der Waals surface area contributed by atoms with Gasteiger partial charge in [-0.05, 0) is 56.2 Å². The van der Waals surface area contributed by atoms with Crippen LogP contribution in [0.3, 0.4) is 0 Å². The Kier molecular flexibility index (Phi) is 6.01. The van der Waals surface area contributed by atoms with Gasteiger partial charge in [0.15, 0.2) is 0 Å². The minimum absolute atomic E-state index is 0.124. The second-order valence-electron chi connectivity index (χ2n) is 7.48. The van der Waals surface area contributed by atoms with Crippen LogP contribution in [0.1, 0.15) is 30.3 Å². The predicted octanol–water partition coefficient (Wildman–Crippen LogP) is 5.12. The van der Waals surface area contributed by atoms with E-state index in [1.165, 1.54) is 22.7 Å². The summed E-state index contributed by atoms with van der Waals surface area (Å²) >= 11 is 7.30. The van der Waals surface area contributed by atoms with Gasteiger partial charge in [0.1, 0.15) is 11.2 Å². The maximum atomic E-state index is 14.4. The topological polar surface area (TPSA) is 49.4 Å². The Morgan fingerprint density at radius 2 is 1.96 bits per heavy atom. The number of halogens is 2. The smallest absolute Gasteiger partial charge is 0.238 e. The van der Waals surface area contributed by atoms with Crippen LogP contribution in [0.5, 0.6) is 0 Å². The zero-order valence-electron chi connectivity index (χ0n) is 16.0. The molecule has 0 aromatic heterocycles. The number of carbonyl (C=O) groups is 2. The summed E-state index contributed by atoms with van der Waals surface area (Å²) in [5.74, 6) is -0.196. The fraction of sp³-hybridized carbons (Fsp3) is 0.333. The molecule has 2 aromatic rings. The summed E-state index contributed by atoms with van der Waals surface area (Å²) in [7, 11) is 0. The van der Waals surface area contributed by atoms with Crippen molar-refractivity contribution in [2.45, 2.75) is 26.1 Å². The first-order valence-electron chi connectivity index (χ1n) is 8.90. The minimum Gasteiger partial charge on any atom is -0.326 e. The minimum atomic E-state index is -0.673. The number of alkyl halides is 1. The van der Waals surface area contributed by atoms with Gasteiger partial charge in [-0.25, -0.2) is 4.39 Å². The lowest BCUT2D eigenvalue weighted by molar-refractivity contribution is -0.123. The Morgan fingerprint density at radius 3 is 2.61 bits per heavy atom. The second kappa shape index (κ2) is 8.13. The number of aryl methyl sites for hydroxylation is 1. The highest BCUT2D eigenvalue weighted by atomic mass is 35.5. The van der Waals surface area contributed by atoms with Gasteiger partial charge in [0.05, 0.1) is 16.9 Å². The second-order valence-corrected chi connectivity index (χ2v) is 8.81. The number of rotatable bonds is 5. The van der Waals surface area contributed by atoms with Gasteiger partial charge in [-0.2, -0.15) is 0 Å². The van der Waals surface area contributed by atoms with Crippen LogP contribution in [0.15, 0.2) is 42.5 Å². The van der Waals surface area contributed by atoms with Gasteiger partial charge < -0.3 is 5.32 Å². The van der Waals surface area contributed by atoms with E-state index in [1.54, 1.807) is 38.1 Å². The van der Waals surface area contributed by atoms with Crippen LogP contribution in [-0.2, 0) is 9.59 Å². The van der Waals surface area contributed by atoms with Crippen LogP contribution < -0.4 is 10.2 Å². The van der Waals surface area contributed by atoms with Crippen LogP contribution in [0.2, 0.25) is 0 Å². The van der Waals surface area contributed by atoms with E-state index < -0.39 is 11.2 Å². The summed E-state index contributed by atoms with van der Waals surface area (Å²) in [6.07, 6.45) is 0. The number of benzene rings is 2. The predicted molar refractivity (Wildman–Crippen MR) is 113 cm³/mol. The molecular weight excluding hydrogens is 399 g/mol. The number of carbonyl (C=O) groups excluding carboxylic acids is 2. The molecule has 0 spiro atoms. The van der Waals surface area contributed by atoms with Crippen molar-refractivity contribution in [2.75, 3.05) is 21.8 Å². The Balaban J connectivity index is 1.83. The van der Waals surface area contributed by atoms with Gasteiger partial charge in [0, 0.05) is 11.6 Å². The third kappa shape index (κ3) is 4.18. The van der Waals surface area contributed by atoms with Crippen LogP contribution in [0.4, 0.5) is 15.8 Å². The fourth-order valence-corrected chi connectivity index (χ4v) is 4.12. The molecule has 0 unspecified atom stereocenters. The highest BCUT2D eigenvalue weighted by Gasteiger charge is 2.35. The van der Waals surface area contributed by atoms with Crippen LogP contribution in [-0.4, -0.2) is 23.4 Å². The summed E-state index contributed by atoms with van der Waals surface area (Å²) in [5.41, 5.74) is 2.02. The largest absolute Gasteiger partial charge is 0.326 e. The Labute approximate surface area is 173 Å². The van der Waals surface area contributed by atoms with Crippen molar-refractivity contribution in [3.05, 3.63) is 59.4 Å². The summed E-state index contributed by atoms with van der Waals surface area (Å²) in [6, 6.07) is 12.0. The molecule has 7 heteroatoms. The molecule has 4 nitrogen and oxygen atoms in total. The van der Waals surface area contributed by atoms with E-state index in [-0.39, 0.29) is 23.1 Å². The third-order valence-electron chi connectivity index (χ3n) is 4.63. The van der Waals surface area contributed by atoms with Gasteiger partial charge in [0.25, 0.3) is 0 Å². The number of nitrogens with zero attached hydrogens (tertiary/aromatic N) is 1. The van der Waals surface area contributed by atoms with E-state index in [2.05, 4.69) is 5.32 Å². The molecule has 1 atom stereocenters. The number of thioether (sulfide) groups is 1. The zero-order chi connectivity index (χ0) is 20.5. The number of nitrogens with one attached hydrogen (secondary N) is 1. The Hall–Kier alpha value is -2.05. The van der Waals surface area contributed by atoms with Crippen molar-refractivity contribution < 1.29 is 14.0 Å². The van der Waals surface area contributed by atoms with Gasteiger partial charge >= 0.3 is 0 Å². The lowest BCUT2D eigenvalue weighted by Gasteiger charge is -2.25. The Morgan fingerprint density at radius 1 is 1.29 bits per heavy atom. The van der Waals surface area contributed by atoms with Crippen LogP contribution in [0, 0.1) is 18.2 Å². The summed E-state index contributed by atoms with van der Waals surface area (Å²) in [6.45, 7) is 5.42. The lowest BCUT2D eigenvalue weighted by Crippen LogP contribution is -2.32. The zero-order valence-corrected chi connectivity index (χ0v) is 17.5. The SMILES string of the molecule is Cc1ccc(F)c(N2C(=O)CS[C@@H]2c2ccc(NC(=O)C(C)(C)CCl)cc2)c1. The highest BCUT2D eigenvalue weighted by Crippen LogP contribution is 2.43. The average molecular weight is 421 g/mol. The number of anilines is 2. The van der Waals surface area contributed by atoms with E-state index in [4.69, 9.17) is 11.6 Å². The summed E-state index contributed by atoms with van der Waals surface area (Å²) in [5, 5.41) is 2.54. The molecule has 1 saturated heterocycles. The average Bonchev–Trinajstić information content (AvgIpc) is 3.05. The van der Waals surface area contributed by atoms with Crippen molar-refractivity contribution in [3.8, 4) is 0 Å². The molecule has 2 amide bonds. The van der Waals surface area contributed by atoms with Gasteiger partial charge in [0.2, 0.25) is 11.8 Å². The lowest BCUT2D eigenvalue weighted by atomic mass is 9.95. The fourth-order valence-electron chi connectivity index (χ4n) is 2.83. The normalized spacial score (nSPS) is 17.1. The molecule has 2 aromatic carbocycles. The monoisotopic (exact) mass is 420 g/mol. The van der Waals surface area contributed by atoms with E-state index in [9.17, 15) is 14.0 Å². The van der Waals surface area contributed by atoms with Crippen LogP contribution >= 0.6 is 23.4 Å². The molecule has 1 fully saturated rings. The van der Waals surface area contributed by atoms with E-state index >= 15 is 0 Å². The molecule has 1 aliphatic heterocycles. The first-order chi connectivity index (χ1) is 13.2. The molecule has 1 aliphatic rings. The van der Waals surface area contributed by atoms with Crippen molar-refractivity contribution in [2.24, 2.45) is 5.41 Å². The van der Waals surface area contributed by atoms with E-state index in [0.717, 1.165) is 11.1 Å². The quantitative estimate of drug-likeness (QED) is 0.683. The molecular formula is C21H22ClFN2O2S. The number of amides is 2. The first kappa shape index (κ1) is 20.7. The summed E-state index contributed by atoms with van der Waals surface area (Å²) < 4.78 is 14.4. The number of hydrogen-bond donors (Lipinski definition) is 1. The van der Waals surface area contributed by atoms with Crippen molar-refractivity contribution in [1.82, 2.24) is 0 Å². The molecule has 1 N–H and O–H groups in total. The highest BCUT2D eigenvalue weighted by molar-refractivity contribution is 8.00. The molecule has 0 saturated carbocycles. The molecule has 3 rings (SSSR count). The van der Waals surface area contributed by atoms with Crippen molar-refractivity contribution >= 4 is 46.6 Å². The van der Waals surface area contributed by atoms with Gasteiger partial charge in [-0.15, -0.1) is 23.4 Å². The van der Waals surface area contributed by atoms with Gasteiger partial charge in [-0.3, -0.25) is 14.5 Å². The molecule has 0 radical (unpaired) electrons. The Bertz CT molecular complexity index is 902. The van der Waals surface area contributed by atoms with E-state index in [1.807, 2.05) is 19.1 Å². The molecule has 0 aliphatic carbocycles. The maximum Gasteiger partial charge on any atom is 0.238 e. The van der Waals surface area contributed by atoms with E-state index in [0.29, 0.717) is 17.1 Å². The third-order valence-corrected chi connectivity index (χ3v) is 6.51. The van der Waals surface area contributed by atoms with Crippen LogP contribution in [0.25, 0.3) is 0 Å². The van der Waals surface area contributed by atoms with Crippen molar-refractivity contribution in [1.29, 1.82) is 0 Å². The molecule has 1 heterocycles. The van der Waals surface area contributed by atoms with Gasteiger partial charge in [-0.1, -0.05) is 18.2 Å².